The summed E-state index contributed by atoms with van der Waals surface area (Å²) in [5, 5.41) is 3.35. The molecule has 0 radical (unpaired) electrons. The number of benzene rings is 2. The van der Waals surface area contributed by atoms with Crippen molar-refractivity contribution in [3.05, 3.63) is 96.6 Å². The van der Waals surface area contributed by atoms with Gasteiger partial charge in [0.25, 0.3) is 0 Å². The molecule has 1 unspecified atom stereocenters. The van der Waals surface area contributed by atoms with Gasteiger partial charge < -0.3 is 11.1 Å². The molecule has 2 aromatic heterocycles. The maximum absolute atomic E-state index is 5.56. The van der Waals surface area contributed by atoms with Crippen LogP contribution in [0, 0.1) is 6.92 Å². The van der Waals surface area contributed by atoms with Crippen LogP contribution >= 0.6 is 0 Å². The summed E-state index contributed by atoms with van der Waals surface area (Å²) in [7, 11) is 0. The van der Waals surface area contributed by atoms with E-state index < -0.39 is 0 Å². The fraction of sp³-hybridized carbons (Fsp3) is 0.200. The van der Waals surface area contributed by atoms with Crippen LogP contribution in [0.5, 0.6) is 0 Å². The normalized spacial score (nSPS) is 11.3. The summed E-state index contributed by atoms with van der Waals surface area (Å²) in [5.41, 5.74) is 10.1. The molecule has 0 aliphatic heterocycles. The van der Waals surface area contributed by atoms with Gasteiger partial charge in [-0.3, -0.25) is 0 Å². The van der Waals surface area contributed by atoms with Crippen LogP contribution in [0.4, 0.5) is 0 Å². The third-order valence-corrected chi connectivity index (χ3v) is 4.66. The lowest BCUT2D eigenvalue weighted by atomic mass is 10.1. The predicted octanol–water partition coefficient (Wildman–Crippen LogP) is 4.03. The highest BCUT2D eigenvalue weighted by atomic mass is 14.9. The lowest BCUT2D eigenvalue weighted by Gasteiger charge is -2.11. The Balaban J connectivity index is 0.000000185. The summed E-state index contributed by atoms with van der Waals surface area (Å²) >= 11 is 0. The lowest BCUT2D eigenvalue weighted by molar-refractivity contribution is 0.556. The van der Waals surface area contributed by atoms with E-state index in [4.69, 9.17) is 5.73 Å². The summed E-state index contributed by atoms with van der Waals surface area (Å²) < 4.78 is 0. The van der Waals surface area contributed by atoms with Gasteiger partial charge in [-0.05, 0) is 31.5 Å². The van der Waals surface area contributed by atoms with Crippen molar-refractivity contribution in [1.82, 2.24) is 25.3 Å². The molecule has 0 aliphatic carbocycles. The van der Waals surface area contributed by atoms with E-state index in [1.165, 1.54) is 11.1 Å². The van der Waals surface area contributed by atoms with E-state index in [0.29, 0.717) is 12.6 Å². The molecular weight excluding hydrogens is 384 g/mol. The van der Waals surface area contributed by atoms with E-state index in [1.807, 2.05) is 36.4 Å². The van der Waals surface area contributed by atoms with Gasteiger partial charge in [-0.15, -0.1) is 0 Å². The first kappa shape index (κ1) is 22.2. The van der Waals surface area contributed by atoms with Crippen molar-refractivity contribution in [1.29, 1.82) is 0 Å². The molecule has 4 aromatic rings. The summed E-state index contributed by atoms with van der Waals surface area (Å²) in [6.45, 7) is 5.62. The maximum atomic E-state index is 5.56. The van der Waals surface area contributed by atoms with E-state index in [9.17, 15) is 0 Å². The van der Waals surface area contributed by atoms with Gasteiger partial charge >= 0.3 is 0 Å². The van der Waals surface area contributed by atoms with Gasteiger partial charge in [-0.1, -0.05) is 54.1 Å². The quantitative estimate of drug-likeness (QED) is 0.497. The van der Waals surface area contributed by atoms with Crippen molar-refractivity contribution in [2.24, 2.45) is 5.73 Å². The zero-order valence-electron chi connectivity index (χ0n) is 17.9. The molecule has 0 bridgehead atoms. The molecule has 31 heavy (non-hydrogen) atoms. The SMILES string of the molecule is CC(CN)NCc1ccc(-c2ncccn2)cc1.Cc1ccc(-c2ncccn2)cc1. The van der Waals surface area contributed by atoms with Crippen LogP contribution in [0.1, 0.15) is 18.1 Å². The van der Waals surface area contributed by atoms with Crippen LogP contribution in [0.15, 0.2) is 85.5 Å². The Hall–Kier alpha value is -3.48. The Morgan fingerprint density at radius 2 is 1.19 bits per heavy atom. The van der Waals surface area contributed by atoms with E-state index in [0.717, 1.165) is 29.3 Å². The van der Waals surface area contributed by atoms with Crippen LogP contribution in [-0.2, 0) is 6.54 Å². The van der Waals surface area contributed by atoms with E-state index >= 15 is 0 Å². The van der Waals surface area contributed by atoms with E-state index in [-0.39, 0.29) is 0 Å². The molecule has 6 nitrogen and oxygen atoms in total. The average molecular weight is 413 g/mol. The Labute approximate surface area is 183 Å². The molecule has 0 amide bonds. The van der Waals surface area contributed by atoms with Crippen LogP contribution in [0.3, 0.4) is 0 Å². The molecule has 158 valence electrons. The number of hydrogen-bond donors (Lipinski definition) is 2. The minimum Gasteiger partial charge on any atom is -0.329 e. The smallest absolute Gasteiger partial charge is 0.159 e. The Kier molecular flexibility index (Phi) is 8.34. The highest BCUT2D eigenvalue weighted by molar-refractivity contribution is 5.55. The molecule has 0 aliphatic rings. The topological polar surface area (TPSA) is 89.6 Å². The predicted molar refractivity (Wildman–Crippen MR) is 125 cm³/mol. The van der Waals surface area contributed by atoms with Crippen LogP contribution in [0.25, 0.3) is 22.8 Å². The molecule has 4 rings (SSSR count). The largest absolute Gasteiger partial charge is 0.329 e. The number of nitrogens with one attached hydrogen (secondary N) is 1. The van der Waals surface area contributed by atoms with Crippen molar-refractivity contribution in [3.63, 3.8) is 0 Å². The second-order valence-corrected chi connectivity index (χ2v) is 7.23. The van der Waals surface area contributed by atoms with Gasteiger partial charge in [0, 0.05) is 55.0 Å². The van der Waals surface area contributed by atoms with Crippen LogP contribution in [-0.4, -0.2) is 32.5 Å². The number of hydrogen-bond acceptors (Lipinski definition) is 6. The first-order valence-corrected chi connectivity index (χ1v) is 10.3. The van der Waals surface area contributed by atoms with Crippen molar-refractivity contribution in [3.8, 4) is 22.8 Å². The average Bonchev–Trinajstić information content (AvgIpc) is 2.85. The van der Waals surface area contributed by atoms with Crippen molar-refractivity contribution in [2.45, 2.75) is 26.4 Å². The Bertz CT molecular complexity index is 1020. The first-order valence-electron chi connectivity index (χ1n) is 10.3. The first-order chi connectivity index (χ1) is 15.2. The van der Waals surface area contributed by atoms with Crippen molar-refractivity contribution in [2.75, 3.05) is 6.54 Å². The molecule has 0 spiro atoms. The molecule has 0 saturated heterocycles. The molecule has 2 aromatic carbocycles. The van der Waals surface area contributed by atoms with Crippen LogP contribution < -0.4 is 11.1 Å². The number of aromatic nitrogens is 4. The van der Waals surface area contributed by atoms with Gasteiger partial charge in [0.15, 0.2) is 11.6 Å². The number of aryl methyl sites for hydroxylation is 1. The highest BCUT2D eigenvalue weighted by Gasteiger charge is 2.01. The Morgan fingerprint density at radius 1 is 0.742 bits per heavy atom. The van der Waals surface area contributed by atoms with E-state index in [1.54, 1.807) is 24.8 Å². The third kappa shape index (κ3) is 7.06. The molecule has 3 N–H and O–H groups in total. The number of nitrogens with zero attached hydrogens (tertiary/aromatic N) is 4. The molecule has 6 heteroatoms. The summed E-state index contributed by atoms with van der Waals surface area (Å²) in [6, 6.07) is 20.4. The lowest BCUT2D eigenvalue weighted by Crippen LogP contribution is -2.32. The van der Waals surface area contributed by atoms with Gasteiger partial charge in [0.2, 0.25) is 0 Å². The third-order valence-electron chi connectivity index (χ3n) is 4.66. The molecule has 0 fully saturated rings. The zero-order chi connectivity index (χ0) is 21.9. The Morgan fingerprint density at radius 3 is 1.65 bits per heavy atom. The van der Waals surface area contributed by atoms with Gasteiger partial charge in [0.1, 0.15) is 0 Å². The van der Waals surface area contributed by atoms with Gasteiger partial charge in [-0.2, -0.15) is 0 Å². The molecular formula is C25H28N6. The maximum Gasteiger partial charge on any atom is 0.159 e. The fourth-order valence-electron chi connectivity index (χ4n) is 2.75. The van der Waals surface area contributed by atoms with Crippen molar-refractivity contribution < 1.29 is 0 Å². The van der Waals surface area contributed by atoms with Crippen LogP contribution in [0.2, 0.25) is 0 Å². The van der Waals surface area contributed by atoms with Gasteiger partial charge in [0.05, 0.1) is 0 Å². The minimum atomic E-state index is 0.335. The van der Waals surface area contributed by atoms with Gasteiger partial charge in [-0.25, -0.2) is 19.9 Å². The highest BCUT2D eigenvalue weighted by Crippen LogP contribution is 2.15. The fourth-order valence-corrected chi connectivity index (χ4v) is 2.75. The van der Waals surface area contributed by atoms with E-state index in [2.05, 4.69) is 63.4 Å². The number of rotatable bonds is 6. The zero-order valence-corrected chi connectivity index (χ0v) is 17.9. The molecule has 2 heterocycles. The molecule has 1 atom stereocenters. The summed E-state index contributed by atoms with van der Waals surface area (Å²) in [4.78, 5) is 16.8. The van der Waals surface area contributed by atoms with Crippen molar-refractivity contribution >= 4 is 0 Å². The second kappa shape index (κ2) is 11.6. The minimum absolute atomic E-state index is 0.335. The number of nitrogens with two attached hydrogens (primary N) is 1. The second-order valence-electron chi connectivity index (χ2n) is 7.23. The standard InChI is InChI=1S/C14H18N4.C11H10N2/c1-11(9-15)18-10-12-3-5-13(6-4-12)14-16-7-2-8-17-14;1-9-3-5-10(6-4-9)11-12-7-2-8-13-11/h2-8,11,18H,9-10,15H2,1H3;2-8H,1H3. The summed E-state index contributed by atoms with van der Waals surface area (Å²) in [6.07, 6.45) is 7.01. The summed E-state index contributed by atoms with van der Waals surface area (Å²) in [5.74, 6) is 1.54. The molecule has 0 saturated carbocycles. The monoisotopic (exact) mass is 412 g/mol.